The molecule has 0 aromatic carbocycles. The highest BCUT2D eigenvalue weighted by Crippen LogP contribution is 2.13. The molecule has 0 aromatic heterocycles. The van der Waals surface area contributed by atoms with Crippen molar-refractivity contribution in [2.75, 3.05) is 45.4 Å². The molecule has 0 aliphatic carbocycles. The van der Waals surface area contributed by atoms with E-state index in [0.717, 1.165) is 13.0 Å². The lowest BCUT2D eigenvalue weighted by Gasteiger charge is -2.19. The van der Waals surface area contributed by atoms with Crippen molar-refractivity contribution in [2.24, 2.45) is 5.92 Å². The van der Waals surface area contributed by atoms with Crippen LogP contribution in [0, 0.1) is 5.92 Å². The summed E-state index contributed by atoms with van der Waals surface area (Å²) < 4.78 is 51.6. The van der Waals surface area contributed by atoms with Gasteiger partial charge in [0, 0.05) is 6.61 Å². The van der Waals surface area contributed by atoms with E-state index in [1.165, 1.54) is 19.3 Å². The predicted molar refractivity (Wildman–Crippen MR) is 102 cm³/mol. The number of ether oxygens (including phenoxy) is 4. The van der Waals surface area contributed by atoms with Crippen LogP contribution in [-0.4, -0.2) is 64.7 Å². The Morgan fingerprint density at radius 1 is 0.885 bits per heavy atom. The third-order valence-electron chi connectivity index (χ3n) is 4.00. The van der Waals surface area contributed by atoms with E-state index < -0.39 is 10.1 Å². The molecule has 0 aliphatic heterocycles. The average Bonchev–Trinajstić information content (AvgIpc) is 2.58. The monoisotopic (exact) mass is 398 g/mol. The lowest BCUT2D eigenvalue weighted by molar-refractivity contribution is -0.147. The van der Waals surface area contributed by atoms with E-state index in [2.05, 4.69) is 13.8 Å². The highest BCUT2D eigenvalue weighted by atomic mass is 32.2. The van der Waals surface area contributed by atoms with E-state index in [1.54, 1.807) is 0 Å². The van der Waals surface area contributed by atoms with Crippen molar-refractivity contribution in [3.8, 4) is 0 Å². The van der Waals surface area contributed by atoms with Crippen LogP contribution >= 0.6 is 0 Å². The summed E-state index contributed by atoms with van der Waals surface area (Å²) in [6.07, 6.45) is 5.55. The zero-order chi connectivity index (χ0) is 19.7. The number of hydrogen-bond acceptors (Lipinski definition) is 6. The molecule has 0 spiro atoms. The van der Waals surface area contributed by atoms with Gasteiger partial charge < -0.3 is 18.9 Å². The summed E-state index contributed by atoms with van der Waals surface area (Å²) in [5.74, 6) is 0.383. The van der Waals surface area contributed by atoms with Crippen LogP contribution in [0.2, 0.25) is 0 Å². The Morgan fingerprint density at radius 3 is 2.15 bits per heavy atom. The molecule has 0 saturated carbocycles. The molecule has 0 saturated heterocycles. The maximum Gasteiger partial charge on any atom is 0.264 e. The molecule has 8 heteroatoms. The quantitative estimate of drug-likeness (QED) is 0.203. The van der Waals surface area contributed by atoms with Crippen LogP contribution in [0.15, 0.2) is 0 Å². The van der Waals surface area contributed by atoms with Gasteiger partial charge in [0.25, 0.3) is 10.1 Å². The molecular formula is C18H38O7S. The Bertz CT molecular complexity index is 400. The fourth-order valence-electron chi connectivity index (χ4n) is 2.30. The molecule has 158 valence electrons. The molecule has 1 N–H and O–H groups in total. The van der Waals surface area contributed by atoms with Crippen molar-refractivity contribution in [3.63, 3.8) is 0 Å². The summed E-state index contributed by atoms with van der Waals surface area (Å²) in [6, 6.07) is 0. The van der Waals surface area contributed by atoms with Crippen LogP contribution in [0.5, 0.6) is 0 Å². The minimum atomic E-state index is -3.86. The summed E-state index contributed by atoms with van der Waals surface area (Å²) >= 11 is 0. The molecule has 2 atom stereocenters. The van der Waals surface area contributed by atoms with Gasteiger partial charge >= 0.3 is 0 Å². The highest BCUT2D eigenvalue weighted by molar-refractivity contribution is 7.85. The van der Waals surface area contributed by atoms with E-state index >= 15 is 0 Å². The first kappa shape index (κ1) is 25.8. The van der Waals surface area contributed by atoms with Gasteiger partial charge in [0.2, 0.25) is 0 Å². The van der Waals surface area contributed by atoms with E-state index in [1.807, 2.05) is 6.92 Å². The third kappa shape index (κ3) is 18.5. The Hall–Kier alpha value is -0.250. The maximum atomic E-state index is 10.5. The molecule has 0 aliphatic rings. The zero-order valence-electron chi connectivity index (χ0n) is 16.7. The van der Waals surface area contributed by atoms with Crippen molar-refractivity contribution < 1.29 is 31.9 Å². The molecule has 0 amide bonds. The van der Waals surface area contributed by atoms with Crippen molar-refractivity contribution in [2.45, 2.75) is 65.6 Å². The smallest absolute Gasteiger partial charge is 0.264 e. The van der Waals surface area contributed by atoms with Gasteiger partial charge in [-0.2, -0.15) is 8.42 Å². The summed E-state index contributed by atoms with van der Waals surface area (Å²) in [7, 11) is -3.86. The second-order valence-electron chi connectivity index (χ2n) is 6.41. The second kappa shape index (κ2) is 16.9. The standard InChI is InChI=1S/C18H38O7S/c1-4-6-9-18(5-2)16-25-17(3)24-14-13-23-12-11-22-10-7-8-15-26(19,20)21/h17-18H,4-16H2,1-3H3,(H,19,20,21). The average molecular weight is 399 g/mol. The van der Waals surface area contributed by atoms with Crippen LogP contribution in [0.25, 0.3) is 0 Å². The minimum absolute atomic E-state index is 0.220. The lowest BCUT2D eigenvalue weighted by Crippen LogP contribution is -2.20. The summed E-state index contributed by atoms with van der Waals surface area (Å²) in [5.41, 5.74) is 0. The highest BCUT2D eigenvalue weighted by Gasteiger charge is 2.09. The van der Waals surface area contributed by atoms with Crippen molar-refractivity contribution in [3.05, 3.63) is 0 Å². The Kier molecular flexibility index (Phi) is 16.7. The zero-order valence-corrected chi connectivity index (χ0v) is 17.5. The lowest BCUT2D eigenvalue weighted by atomic mass is 10.0. The van der Waals surface area contributed by atoms with E-state index in [9.17, 15) is 8.42 Å². The predicted octanol–water partition coefficient (Wildman–Crippen LogP) is 3.28. The van der Waals surface area contributed by atoms with Gasteiger partial charge in [-0.05, 0) is 32.1 Å². The van der Waals surface area contributed by atoms with Crippen LogP contribution in [0.1, 0.15) is 59.3 Å². The Morgan fingerprint density at radius 2 is 1.54 bits per heavy atom. The fourth-order valence-corrected chi connectivity index (χ4v) is 2.87. The van der Waals surface area contributed by atoms with E-state index in [-0.39, 0.29) is 12.0 Å². The molecule has 0 rings (SSSR count). The van der Waals surface area contributed by atoms with Gasteiger partial charge in [-0.1, -0.05) is 33.1 Å². The van der Waals surface area contributed by atoms with Gasteiger partial charge in [-0.15, -0.1) is 0 Å². The van der Waals surface area contributed by atoms with Gasteiger partial charge in [0.15, 0.2) is 6.29 Å². The maximum absolute atomic E-state index is 10.5. The SMILES string of the molecule is CCCCC(CC)COC(C)OCCOCCOCCCCS(=O)(=O)O. The number of unbranched alkanes of at least 4 members (excludes halogenated alkanes) is 2. The molecule has 0 aromatic rings. The number of hydrogen-bond donors (Lipinski definition) is 1. The topological polar surface area (TPSA) is 91.3 Å². The number of rotatable bonds is 19. The molecule has 0 bridgehead atoms. The van der Waals surface area contributed by atoms with Crippen molar-refractivity contribution in [1.82, 2.24) is 0 Å². The molecular weight excluding hydrogens is 360 g/mol. The van der Waals surface area contributed by atoms with Gasteiger partial charge in [-0.3, -0.25) is 4.55 Å². The van der Waals surface area contributed by atoms with Crippen LogP contribution < -0.4 is 0 Å². The Balaban J connectivity index is 3.38. The summed E-state index contributed by atoms with van der Waals surface area (Å²) in [6.45, 7) is 9.37. The minimum Gasteiger partial charge on any atom is -0.379 e. The first-order chi connectivity index (χ1) is 12.4. The molecule has 26 heavy (non-hydrogen) atoms. The first-order valence-electron chi connectivity index (χ1n) is 9.72. The molecule has 0 radical (unpaired) electrons. The molecule has 2 unspecified atom stereocenters. The van der Waals surface area contributed by atoms with E-state index in [0.29, 0.717) is 51.8 Å². The summed E-state index contributed by atoms with van der Waals surface area (Å²) in [4.78, 5) is 0. The third-order valence-corrected chi connectivity index (χ3v) is 4.81. The van der Waals surface area contributed by atoms with Crippen LogP contribution in [0.4, 0.5) is 0 Å². The van der Waals surface area contributed by atoms with E-state index in [4.69, 9.17) is 23.5 Å². The first-order valence-corrected chi connectivity index (χ1v) is 11.3. The van der Waals surface area contributed by atoms with Crippen molar-refractivity contribution in [1.29, 1.82) is 0 Å². The van der Waals surface area contributed by atoms with Gasteiger partial charge in [0.1, 0.15) is 0 Å². The molecule has 0 heterocycles. The van der Waals surface area contributed by atoms with Gasteiger partial charge in [-0.25, -0.2) is 0 Å². The fraction of sp³-hybridized carbons (Fsp3) is 1.00. The normalized spacial score (nSPS) is 14.5. The largest absolute Gasteiger partial charge is 0.379 e. The molecule has 7 nitrogen and oxygen atoms in total. The van der Waals surface area contributed by atoms with Crippen LogP contribution in [0.3, 0.4) is 0 Å². The van der Waals surface area contributed by atoms with Gasteiger partial charge in [0.05, 0.1) is 38.8 Å². The summed E-state index contributed by atoms with van der Waals surface area (Å²) in [5, 5.41) is 0. The Labute approximate surface area is 159 Å². The second-order valence-corrected chi connectivity index (χ2v) is 7.98. The molecule has 0 fully saturated rings. The van der Waals surface area contributed by atoms with Crippen LogP contribution in [-0.2, 0) is 29.1 Å². The van der Waals surface area contributed by atoms with Crippen molar-refractivity contribution >= 4 is 10.1 Å².